The third-order valence-electron chi connectivity index (χ3n) is 4.95. The number of carbonyl (C=O) groups excluding carboxylic acids is 1. The number of anilines is 1. The van der Waals surface area contributed by atoms with Crippen molar-refractivity contribution in [1.82, 2.24) is 5.32 Å². The van der Waals surface area contributed by atoms with Crippen LogP contribution in [0.1, 0.15) is 18.2 Å². The zero-order chi connectivity index (χ0) is 22.7. The fourth-order valence-electron chi connectivity index (χ4n) is 3.26. The highest BCUT2D eigenvalue weighted by atomic mass is 32.2. The number of rotatable bonds is 7. The molecule has 1 aliphatic rings. The smallest absolute Gasteiger partial charge is 0.270 e. The molecule has 1 amide bonds. The SMILES string of the molecule is CCc1ccc(N[C@@H]2NC(=O)/C(=C/c3ccc(-c4cc([N+](=O)[O-])ccc4OC)o3)S2)cc1. The lowest BCUT2D eigenvalue weighted by Crippen LogP contribution is -2.30. The molecule has 1 aliphatic heterocycles. The number of nitrogens with one attached hydrogen (secondary N) is 2. The third-order valence-corrected chi connectivity index (χ3v) is 5.98. The zero-order valence-corrected chi connectivity index (χ0v) is 18.3. The van der Waals surface area contributed by atoms with E-state index in [1.54, 1.807) is 18.2 Å². The Balaban J connectivity index is 1.51. The molecule has 2 N–H and O–H groups in total. The second-order valence-corrected chi connectivity index (χ2v) is 8.17. The van der Waals surface area contributed by atoms with Crippen LogP contribution in [0.3, 0.4) is 0 Å². The first-order valence-electron chi connectivity index (χ1n) is 9.94. The Morgan fingerprint density at radius 1 is 1.22 bits per heavy atom. The molecule has 0 aliphatic carbocycles. The van der Waals surface area contributed by atoms with Gasteiger partial charge in [0.15, 0.2) is 5.50 Å². The first-order valence-corrected chi connectivity index (χ1v) is 10.8. The van der Waals surface area contributed by atoms with Crippen LogP contribution in [0.2, 0.25) is 0 Å². The summed E-state index contributed by atoms with van der Waals surface area (Å²) in [5, 5.41) is 17.3. The van der Waals surface area contributed by atoms with E-state index in [9.17, 15) is 14.9 Å². The number of nitrogens with zero attached hydrogens (tertiary/aromatic N) is 1. The average Bonchev–Trinajstić information content (AvgIpc) is 3.40. The molecule has 1 fully saturated rings. The van der Waals surface area contributed by atoms with E-state index in [1.807, 2.05) is 24.3 Å². The van der Waals surface area contributed by atoms with Crippen LogP contribution >= 0.6 is 11.8 Å². The highest BCUT2D eigenvalue weighted by Crippen LogP contribution is 2.36. The van der Waals surface area contributed by atoms with Crippen LogP contribution < -0.4 is 15.4 Å². The number of carbonyl (C=O) groups is 1. The molecule has 164 valence electrons. The predicted molar refractivity (Wildman–Crippen MR) is 124 cm³/mol. The maximum absolute atomic E-state index is 12.4. The van der Waals surface area contributed by atoms with Crippen molar-refractivity contribution in [3.05, 3.63) is 80.9 Å². The Labute approximate surface area is 188 Å². The molecule has 0 unspecified atom stereocenters. The molecular weight excluding hydrogens is 430 g/mol. The van der Waals surface area contributed by atoms with E-state index in [0.717, 1.165) is 12.1 Å². The minimum Gasteiger partial charge on any atom is -0.496 e. The number of benzene rings is 2. The number of ether oxygens (including phenoxy) is 1. The average molecular weight is 452 g/mol. The second-order valence-electron chi connectivity index (χ2n) is 7.02. The molecule has 1 atom stereocenters. The summed E-state index contributed by atoms with van der Waals surface area (Å²) in [7, 11) is 1.49. The predicted octanol–water partition coefficient (Wildman–Crippen LogP) is 5.03. The maximum Gasteiger partial charge on any atom is 0.270 e. The van der Waals surface area contributed by atoms with Gasteiger partial charge in [-0.05, 0) is 42.3 Å². The molecule has 8 nitrogen and oxygen atoms in total. The zero-order valence-electron chi connectivity index (χ0n) is 17.5. The summed E-state index contributed by atoms with van der Waals surface area (Å²) in [6, 6.07) is 15.8. The lowest BCUT2D eigenvalue weighted by atomic mass is 10.1. The number of hydrogen-bond acceptors (Lipinski definition) is 7. The van der Waals surface area contributed by atoms with Crippen LogP contribution in [0.4, 0.5) is 11.4 Å². The number of aryl methyl sites for hydroxylation is 1. The molecule has 2 heterocycles. The van der Waals surface area contributed by atoms with E-state index in [0.29, 0.717) is 27.7 Å². The maximum atomic E-state index is 12.4. The van der Waals surface area contributed by atoms with E-state index < -0.39 is 4.92 Å². The Bertz CT molecular complexity index is 1190. The summed E-state index contributed by atoms with van der Waals surface area (Å²) in [6.07, 6.45) is 2.62. The first-order chi connectivity index (χ1) is 15.5. The second kappa shape index (κ2) is 9.19. The largest absolute Gasteiger partial charge is 0.496 e. The fourth-order valence-corrected chi connectivity index (χ4v) is 4.22. The molecule has 0 saturated carbocycles. The summed E-state index contributed by atoms with van der Waals surface area (Å²) in [5.74, 6) is 1.12. The Hall–Kier alpha value is -3.72. The van der Waals surface area contributed by atoms with Gasteiger partial charge < -0.3 is 19.8 Å². The van der Waals surface area contributed by atoms with Gasteiger partial charge in [-0.25, -0.2) is 0 Å². The van der Waals surface area contributed by atoms with E-state index in [1.165, 1.54) is 42.6 Å². The Morgan fingerprint density at radius 3 is 2.69 bits per heavy atom. The number of non-ortho nitro benzene ring substituents is 1. The van der Waals surface area contributed by atoms with Crippen LogP contribution in [-0.4, -0.2) is 23.4 Å². The van der Waals surface area contributed by atoms with Gasteiger partial charge >= 0.3 is 0 Å². The van der Waals surface area contributed by atoms with E-state index in [2.05, 4.69) is 17.6 Å². The molecular formula is C23H21N3O5S. The number of amides is 1. The standard InChI is InChI=1S/C23H21N3O5S/c1-3-14-4-6-15(7-5-14)24-23-25-22(27)21(32-23)13-17-9-11-20(31-17)18-12-16(26(28)29)8-10-19(18)30-2/h4-13,23-24H,3H2,1-2H3,(H,25,27)/b21-13-/t23-/m1/s1. The normalized spacial score (nSPS) is 16.8. The van der Waals surface area contributed by atoms with E-state index >= 15 is 0 Å². The third kappa shape index (κ3) is 4.62. The molecule has 1 aromatic heterocycles. The topological polar surface area (TPSA) is 107 Å². The minimum absolute atomic E-state index is 0.0660. The van der Waals surface area contributed by atoms with Crippen molar-refractivity contribution in [2.45, 2.75) is 18.8 Å². The lowest BCUT2D eigenvalue weighted by molar-refractivity contribution is -0.384. The van der Waals surface area contributed by atoms with Crippen LogP contribution in [0.25, 0.3) is 17.4 Å². The van der Waals surface area contributed by atoms with Crippen molar-refractivity contribution < 1.29 is 18.9 Å². The van der Waals surface area contributed by atoms with Crippen LogP contribution in [0.5, 0.6) is 5.75 Å². The summed E-state index contributed by atoms with van der Waals surface area (Å²) < 4.78 is 11.1. The van der Waals surface area contributed by atoms with Crippen molar-refractivity contribution in [1.29, 1.82) is 0 Å². The van der Waals surface area contributed by atoms with Crippen molar-refractivity contribution in [3.8, 4) is 17.1 Å². The van der Waals surface area contributed by atoms with Gasteiger partial charge in [0.05, 0.1) is 22.5 Å². The van der Waals surface area contributed by atoms with Crippen molar-refractivity contribution in [2.24, 2.45) is 0 Å². The quantitative estimate of drug-likeness (QED) is 0.295. The lowest BCUT2D eigenvalue weighted by Gasteiger charge is -2.12. The molecule has 2 aromatic carbocycles. The van der Waals surface area contributed by atoms with Gasteiger partial charge in [-0.3, -0.25) is 14.9 Å². The number of nitro benzene ring substituents is 1. The van der Waals surface area contributed by atoms with Gasteiger partial charge in [-0.2, -0.15) is 0 Å². The highest BCUT2D eigenvalue weighted by Gasteiger charge is 2.27. The van der Waals surface area contributed by atoms with Crippen LogP contribution in [0, 0.1) is 10.1 Å². The van der Waals surface area contributed by atoms with Gasteiger partial charge in [0, 0.05) is 23.9 Å². The summed E-state index contributed by atoms with van der Waals surface area (Å²) >= 11 is 1.35. The number of thioether (sulfide) groups is 1. The Kier molecular flexibility index (Phi) is 6.18. The molecule has 0 bridgehead atoms. The first kappa shape index (κ1) is 21.5. The summed E-state index contributed by atoms with van der Waals surface area (Å²) in [5.41, 5.74) is 2.26. The van der Waals surface area contributed by atoms with Crippen molar-refractivity contribution in [2.75, 3.05) is 12.4 Å². The molecule has 1 saturated heterocycles. The Morgan fingerprint density at radius 2 is 2.00 bits per heavy atom. The molecule has 0 radical (unpaired) electrons. The molecule has 4 rings (SSSR count). The van der Waals surface area contributed by atoms with E-state index in [4.69, 9.17) is 9.15 Å². The molecule has 0 spiro atoms. The van der Waals surface area contributed by atoms with Gasteiger partial charge in [0.25, 0.3) is 11.6 Å². The molecule has 3 aromatic rings. The summed E-state index contributed by atoms with van der Waals surface area (Å²) in [4.78, 5) is 23.5. The molecule has 9 heteroatoms. The van der Waals surface area contributed by atoms with Crippen LogP contribution in [0.15, 0.2) is 63.9 Å². The van der Waals surface area contributed by atoms with Crippen molar-refractivity contribution >= 4 is 35.1 Å². The minimum atomic E-state index is -0.475. The van der Waals surface area contributed by atoms with E-state index in [-0.39, 0.29) is 17.1 Å². The molecule has 32 heavy (non-hydrogen) atoms. The number of nitro groups is 1. The highest BCUT2D eigenvalue weighted by molar-refractivity contribution is 8.05. The van der Waals surface area contributed by atoms with Gasteiger partial charge in [0.1, 0.15) is 17.3 Å². The van der Waals surface area contributed by atoms with Gasteiger partial charge in [0.2, 0.25) is 0 Å². The van der Waals surface area contributed by atoms with Gasteiger partial charge in [-0.1, -0.05) is 30.8 Å². The monoisotopic (exact) mass is 451 g/mol. The number of furan rings is 1. The van der Waals surface area contributed by atoms with Crippen molar-refractivity contribution in [3.63, 3.8) is 0 Å². The van der Waals surface area contributed by atoms with Gasteiger partial charge in [-0.15, -0.1) is 0 Å². The fraction of sp³-hybridized carbons (Fsp3) is 0.174. The number of hydrogen-bond donors (Lipinski definition) is 2. The number of methoxy groups -OCH3 is 1. The van der Waals surface area contributed by atoms with Crippen LogP contribution in [-0.2, 0) is 11.2 Å². The summed E-state index contributed by atoms with van der Waals surface area (Å²) in [6.45, 7) is 2.10.